The Bertz CT molecular complexity index is 445. The van der Waals surface area contributed by atoms with Gasteiger partial charge in [-0.1, -0.05) is 12.1 Å². The van der Waals surface area contributed by atoms with E-state index in [1.807, 2.05) is 0 Å². The summed E-state index contributed by atoms with van der Waals surface area (Å²) in [7, 11) is 0. The van der Waals surface area contributed by atoms with E-state index in [9.17, 15) is 0 Å². The molecular weight excluding hydrogens is 190 g/mol. The zero-order valence-electron chi connectivity index (χ0n) is 7.79. The van der Waals surface area contributed by atoms with Crippen LogP contribution in [0.2, 0.25) is 0 Å². The quantitative estimate of drug-likeness (QED) is 0.745. The van der Waals surface area contributed by atoms with Crippen LogP contribution in [0.3, 0.4) is 0 Å². The van der Waals surface area contributed by atoms with Crippen molar-refractivity contribution in [2.24, 2.45) is 0 Å². The minimum Gasteiger partial charge on any atom is -0.384 e. The number of fused-ring (bicyclic) bond motifs is 1. The molecule has 2 heteroatoms. The third-order valence-electron chi connectivity index (χ3n) is 2.67. The Morgan fingerprint density at radius 3 is 3.00 bits per heavy atom. The summed E-state index contributed by atoms with van der Waals surface area (Å²) < 4.78 is 0. The molecule has 1 aliphatic heterocycles. The van der Waals surface area contributed by atoms with E-state index >= 15 is 0 Å². The van der Waals surface area contributed by atoms with Gasteiger partial charge in [-0.3, -0.25) is 0 Å². The molecule has 0 amide bonds. The summed E-state index contributed by atoms with van der Waals surface area (Å²) in [6, 6.07) is 8.88. The Kier molecular flexibility index (Phi) is 1.81. The fourth-order valence-electron chi connectivity index (χ4n) is 1.90. The van der Waals surface area contributed by atoms with Crippen molar-refractivity contribution in [3.05, 3.63) is 40.6 Å². The molecule has 0 saturated heterocycles. The van der Waals surface area contributed by atoms with E-state index in [0.29, 0.717) is 0 Å². The van der Waals surface area contributed by atoms with Crippen LogP contribution in [-0.4, -0.2) is 6.54 Å². The number of hydrogen-bond donors (Lipinski definition) is 1. The second kappa shape index (κ2) is 3.14. The first-order valence-corrected chi connectivity index (χ1v) is 5.77. The highest BCUT2D eigenvalue weighted by atomic mass is 32.1. The van der Waals surface area contributed by atoms with Crippen molar-refractivity contribution in [3.63, 3.8) is 0 Å². The molecule has 0 saturated carbocycles. The van der Waals surface area contributed by atoms with Crippen LogP contribution in [0.1, 0.15) is 5.56 Å². The van der Waals surface area contributed by atoms with Gasteiger partial charge in [-0.05, 0) is 46.0 Å². The molecule has 2 aromatic rings. The minimum atomic E-state index is 1.09. The van der Waals surface area contributed by atoms with Crippen LogP contribution in [0.5, 0.6) is 0 Å². The Balaban J connectivity index is 2.09. The van der Waals surface area contributed by atoms with Crippen LogP contribution < -0.4 is 5.32 Å². The van der Waals surface area contributed by atoms with Crippen molar-refractivity contribution < 1.29 is 0 Å². The fourth-order valence-corrected chi connectivity index (χ4v) is 2.56. The Labute approximate surface area is 87.4 Å². The lowest BCUT2D eigenvalue weighted by atomic mass is 10.1. The van der Waals surface area contributed by atoms with Crippen LogP contribution in [0.25, 0.3) is 11.1 Å². The van der Waals surface area contributed by atoms with Gasteiger partial charge < -0.3 is 5.32 Å². The first-order valence-electron chi connectivity index (χ1n) is 4.83. The molecule has 0 aliphatic carbocycles. The van der Waals surface area contributed by atoms with Crippen LogP contribution in [0, 0.1) is 0 Å². The van der Waals surface area contributed by atoms with Gasteiger partial charge in [0, 0.05) is 12.2 Å². The maximum absolute atomic E-state index is 3.41. The minimum absolute atomic E-state index is 1.09. The number of anilines is 1. The van der Waals surface area contributed by atoms with E-state index in [2.05, 4.69) is 40.3 Å². The lowest BCUT2D eigenvalue weighted by molar-refractivity contribution is 1.11. The molecule has 1 aromatic carbocycles. The van der Waals surface area contributed by atoms with E-state index in [4.69, 9.17) is 0 Å². The molecule has 0 fully saturated rings. The van der Waals surface area contributed by atoms with Gasteiger partial charge in [-0.2, -0.15) is 11.3 Å². The number of rotatable bonds is 1. The predicted molar refractivity (Wildman–Crippen MR) is 61.9 cm³/mol. The largest absolute Gasteiger partial charge is 0.384 e. The smallest absolute Gasteiger partial charge is 0.0379 e. The van der Waals surface area contributed by atoms with Gasteiger partial charge >= 0.3 is 0 Å². The van der Waals surface area contributed by atoms with Crippen LogP contribution >= 0.6 is 11.3 Å². The summed E-state index contributed by atoms with van der Waals surface area (Å²) in [6.07, 6.45) is 1.17. The SMILES string of the molecule is c1cc(-c2ccc3c(c2)NCC3)cs1. The second-order valence-electron chi connectivity index (χ2n) is 3.56. The molecule has 2 heterocycles. The highest BCUT2D eigenvalue weighted by Crippen LogP contribution is 2.29. The van der Waals surface area contributed by atoms with Gasteiger partial charge in [0.2, 0.25) is 0 Å². The van der Waals surface area contributed by atoms with Crippen LogP contribution in [0.15, 0.2) is 35.0 Å². The topological polar surface area (TPSA) is 12.0 Å². The van der Waals surface area contributed by atoms with Crippen LogP contribution in [0.4, 0.5) is 5.69 Å². The average molecular weight is 201 g/mol. The zero-order chi connectivity index (χ0) is 9.38. The normalized spacial score (nSPS) is 13.7. The van der Waals surface area contributed by atoms with Crippen molar-refractivity contribution in [2.45, 2.75) is 6.42 Å². The molecule has 0 radical (unpaired) electrons. The highest BCUT2D eigenvalue weighted by Gasteiger charge is 2.10. The number of hydrogen-bond acceptors (Lipinski definition) is 2. The molecule has 14 heavy (non-hydrogen) atoms. The predicted octanol–water partition coefficient (Wildman–Crippen LogP) is 3.38. The third kappa shape index (κ3) is 1.23. The van der Waals surface area contributed by atoms with Gasteiger partial charge in [0.25, 0.3) is 0 Å². The van der Waals surface area contributed by atoms with E-state index in [1.54, 1.807) is 11.3 Å². The van der Waals surface area contributed by atoms with Crippen molar-refractivity contribution in [2.75, 3.05) is 11.9 Å². The Morgan fingerprint density at radius 2 is 2.14 bits per heavy atom. The second-order valence-corrected chi connectivity index (χ2v) is 4.34. The summed E-state index contributed by atoms with van der Waals surface area (Å²) in [5.41, 5.74) is 5.41. The van der Waals surface area contributed by atoms with Crippen molar-refractivity contribution >= 4 is 17.0 Å². The van der Waals surface area contributed by atoms with Crippen molar-refractivity contribution in [3.8, 4) is 11.1 Å². The van der Waals surface area contributed by atoms with Gasteiger partial charge in [-0.25, -0.2) is 0 Å². The lowest BCUT2D eigenvalue weighted by Gasteiger charge is -2.02. The molecule has 1 aliphatic rings. The summed E-state index contributed by atoms with van der Waals surface area (Å²) >= 11 is 1.75. The molecule has 0 unspecified atom stereocenters. The van der Waals surface area contributed by atoms with Crippen LogP contribution in [-0.2, 0) is 6.42 Å². The first kappa shape index (κ1) is 8.06. The van der Waals surface area contributed by atoms with E-state index < -0.39 is 0 Å². The number of benzene rings is 1. The van der Waals surface area contributed by atoms with Gasteiger partial charge in [0.15, 0.2) is 0 Å². The number of nitrogens with one attached hydrogen (secondary N) is 1. The number of thiophene rings is 1. The zero-order valence-corrected chi connectivity index (χ0v) is 8.60. The van der Waals surface area contributed by atoms with Gasteiger partial charge in [0.1, 0.15) is 0 Å². The fraction of sp³-hybridized carbons (Fsp3) is 0.167. The monoisotopic (exact) mass is 201 g/mol. The summed E-state index contributed by atoms with van der Waals surface area (Å²) in [6.45, 7) is 1.09. The van der Waals surface area contributed by atoms with E-state index in [1.165, 1.54) is 28.8 Å². The summed E-state index contributed by atoms with van der Waals surface area (Å²) in [5, 5.41) is 7.72. The van der Waals surface area contributed by atoms with E-state index in [0.717, 1.165) is 6.54 Å². The average Bonchev–Trinajstić information content (AvgIpc) is 2.88. The van der Waals surface area contributed by atoms with Gasteiger partial charge in [-0.15, -0.1) is 0 Å². The maximum Gasteiger partial charge on any atom is 0.0379 e. The molecule has 1 aromatic heterocycles. The highest BCUT2D eigenvalue weighted by molar-refractivity contribution is 7.08. The maximum atomic E-state index is 3.41. The standard InChI is InChI=1S/C12H11NS/c1-2-10(11-4-6-14-8-11)7-12-9(1)3-5-13-12/h1-2,4,6-8,13H,3,5H2. The third-order valence-corrected chi connectivity index (χ3v) is 3.36. The molecule has 3 rings (SSSR count). The molecular formula is C12H11NS. The van der Waals surface area contributed by atoms with Gasteiger partial charge in [0.05, 0.1) is 0 Å². The van der Waals surface area contributed by atoms with E-state index in [-0.39, 0.29) is 0 Å². The lowest BCUT2D eigenvalue weighted by Crippen LogP contribution is -1.90. The molecule has 0 spiro atoms. The summed E-state index contributed by atoms with van der Waals surface area (Å²) in [5.74, 6) is 0. The van der Waals surface area contributed by atoms with Crippen molar-refractivity contribution in [1.29, 1.82) is 0 Å². The molecule has 1 N–H and O–H groups in total. The van der Waals surface area contributed by atoms with Crippen molar-refractivity contribution in [1.82, 2.24) is 0 Å². The Hall–Kier alpha value is -1.28. The molecule has 70 valence electrons. The Morgan fingerprint density at radius 1 is 1.14 bits per heavy atom. The first-order chi connectivity index (χ1) is 6.93. The molecule has 0 bridgehead atoms. The molecule has 1 nitrogen and oxygen atoms in total. The molecule has 0 atom stereocenters. The summed E-state index contributed by atoms with van der Waals surface area (Å²) in [4.78, 5) is 0.